The minimum atomic E-state index is 0.593. The van der Waals surface area contributed by atoms with Crippen molar-refractivity contribution in [3.63, 3.8) is 0 Å². The Hall–Kier alpha value is -2.15. The Bertz CT molecular complexity index is 575. The zero-order valence-corrected chi connectivity index (χ0v) is 9.52. The molecule has 0 saturated heterocycles. The molecule has 0 aliphatic carbocycles. The summed E-state index contributed by atoms with van der Waals surface area (Å²) in [4.78, 5) is 4.22. The Morgan fingerprint density at radius 1 is 1.31 bits per heavy atom. The molecule has 4 nitrogen and oxygen atoms in total. The zero-order valence-electron chi connectivity index (χ0n) is 9.52. The fourth-order valence-electron chi connectivity index (χ4n) is 1.55. The summed E-state index contributed by atoms with van der Waals surface area (Å²) < 4.78 is 1.77. The number of hydrogen-bond acceptors (Lipinski definition) is 3. The van der Waals surface area contributed by atoms with E-state index in [-0.39, 0.29) is 0 Å². The fraction of sp³-hybridized carbons (Fsp3) is 0.250. The first kappa shape index (κ1) is 10.4. The summed E-state index contributed by atoms with van der Waals surface area (Å²) in [7, 11) is 0. The summed E-state index contributed by atoms with van der Waals surface area (Å²) in [6.07, 6.45) is 1.62. The van der Waals surface area contributed by atoms with Gasteiger partial charge in [0.15, 0.2) is 5.82 Å². The number of rotatable bonds is 1. The molecular formula is C12H12N4. The van der Waals surface area contributed by atoms with Gasteiger partial charge < -0.3 is 0 Å². The molecule has 0 bridgehead atoms. The lowest BCUT2D eigenvalue weighted by Gasteiger charge is -2.03. The van der Waals surface area contributed by atoms with Gasteiger partial charge in [0.2, 0.25) is 0 Å². The molecule has 2 aromatic rings. The van der Waals surface area contributed by atoms with E-state index in [1.807, 2.05) is 20.8 Å². The van der Waals surface area contributed by atoms with Crippen LogP contribution < -0.4 is 0 Å². The van der Waals surface area contributed by atoms with Gasteiger partial charge in [0.05, 0.1) is 17.3 Å². The monoisotopic (exact) mass is 212 g/mol. The van der Waals surface area contributed by atoms with Crippen LogP contribution in [0.1, 0.15) is 22.5 Å². The predicted molar refractivity (Wildman–Crippen MR) is 60.3 cm³/mol. The van der Waals surface area contributed by atoms with Gasteiger partial charge in [-0.1, -0.05) is 0 Å². The molecule has 0 aromatic carbocycles. The van der Waals surface area contributed by atoms with Crippen LogP contribution in [-0.4, -0.2) is 14.8 Å². The van der Waals surface area contributed by atoms with Crippen LogP contribution in [0.2, 0.25) is 0 Å². The second-order valence-electron chi connectivity index (χ2n) is 3.72. The van der Waals surface area contributed by atoms with E-state index in [0.29, 0.717) is 11.4 Å². The normalized spacial score (nSPS) is 10.1. The van der Waals surface area contributed by atoms with E-state index in [1.165, 1.54) is 0 Å². The van der Waals surface area contributed by atoms with Gasteiger partial charge in [0.1, 0.15) is 0 Å². The van der Waals surface area contributed by atoms with Gasteiger partial charge in [-0.15, -0.1) is 0 Å². The molecular weight excluding hydrogens is 200 g/mol. The maximum Gasteiger partial charge on any atom is 0.154 e. The second-order valence-corrected chi connectivity index (χ2v) is 3.72. The first-order valence-electron chi connectivity index (χ1n) is 5.03. The lowest BCUT2D eigenvalue weighted by molar-refractivity contribution is 0.805. The summed E-state index contributed by atoms with van der Waals surface area (Å²) in [6, 6.07) is 5.51. The first-order valence-corrected chi connectivity index (χ1v) is 5.03. The highest BCUT2D eigenvalue weighted by atomic mass is 15.3. The molecule has 0 amide bonds. The molecule has 0 atom stereocenters. The van der Waals surface area contributed by atoms with Gasteiger partial charge in [-0.3, -0.25) is 0 Å². The number of hydrogen-bond donors (Lipinski definition) is 0. The summed E-state index contributed by atoms with van der Waals surface area (Å²) in [6.45, 7) is 5.99. The maximum atomic E-state index is 8.83. The molecule has 0 N–H and O–H groups in total. The van der Waals surface area contributed by atoms with Crippen LogP contribution >= 0.6 is 0 Å². The van der Waals surface area contributed by atoms with E-state index in [1.54, 1.807) is 23.0 Å². The Kier molecular flexibility index (Phi) is 2.45. The fourth-order valence-corrected chi connectivity index (χ4v) is 1.55. The van der Waals surface area contributed by atoms with Gasteiger partial charge >= 0.3 is 0 Å². The maximum absolute atomic E-state index is 8.83. The topological polar surface area (TPSA) is 54.5 Å². The number of nitriles is 1. The van der Waals surface area contributed by atoms with Gasteiger partial charge in [0.25, 0.3) is 0 Å². The van der Waals surface area contributed by atoms with Crippen LogP contribution in [0.4, 0.5) is 0 Å². The Labute approximate surface area is 94.2 Å². The van der Waals surface area contributed by atoms with Crippen molar-refractivity contribution in [2.45, 2.75) is 20.8 Å². The van der Waals surface area contributed by atoms with E-state index < -0.39 is 0 Å². The molecule has 0 spiro atoms. The average Bonchev–Trinajstić information content (AvgIpc) is 2.57. The zero-order chi connectivity index (χ0) is 11.7. The van der Waals surface area contributed by atoms with E-state index in [9.17, 15) is 0 Å². The van der Waals surface area contributed by atoms with Gasteiger partial charge in [-0.2, -0.15) is 10.4 Å². The molecule has 0 fully saturated rings. The number of pyridine rings is 1. The third kappa shape index (κ3) is 1.57. The van der Waals surface area contributed by atoms with Crippen molar-refractivity contribution in [1.29, 1.82) is 5.26 Å². The van der Waals surface area contributed by atoms with Crippen molar-refractivity contribution >= 4 is 0 Å². The lowest BCUT2D eigenvalue weighted by Crippen LogP contribution is -2.02. The van der Waals surface area contributed by atoms with Crippen LogP contribution in [0.15, 0.2) is 18.3 Å². The highest BCUT2D eigenvalue weighted by molar-refractivity contribution is 5.37. The molecule has 0 unspecified atom stereocenters. The number of aromatic nitrogens is 3. The minimum Gasteiger partial charge on any atom is -0.237 e. The molecule has 2 aromatic heterocycles. The largest absolute Gasteiger partial charge is 0.237 e. The number of aryl methyl sites for hydroxylation is 1. The van der Waals surface area contributed by atoms with Crippen LogP contribution in [0.25, 0.3) is 5.82 Å². The Morgan fingerprint density at radius 3 is 2.62 bits per heavy atom. The summed E-state index contributed by atoms with van der Waals surface area (Å²) in [5, 5.41) is 13.2. The molecule has 2 rings (SSSR count). The Morgan fingerprint density at radius 2 is 2.06 bits per heavy atom. The molecule has 0 saturated carbocycles. The van der Waals surface area contributed by atoms with Crippen molar-refractivity contribution in [2.75, 3.05) is 0 Å². The molecule has 80 valence electrons. The van der Waals surface area contributed by atoms with Crippen molar-refractivity contribution in [3.8, 4) is 11.9 Å². The highest BCUT2D eigenvalue weighted by Gasteiger charge is 2.09. The van der Waals surface area contributed by atoms with Crippen molar-refractivity contribution in [2.24, 2.45) is 0 Å². The van der Waals surface area contributed by atoms with Crippen molar-refractivity contribution < 1.29 is 0 Å². The van der Waals surface area contributed by atoms with Crippen LogP contribution in [0, 0.1) is 32.1 Å². The van der Waals surface area contributed by atoms with Crippen molar-refractivity contribution in [3.05, 3.63) is 40.8 Å². The lowest BCUT2D eigenvalue weighted by atomic mass is 10.2. The third-order valence-corrected chi connectivity index (χ3v) is 2.74. The first-order chi connectivity index (χ1) is 7.63. The molecule has 16 heavy (non-hydrogen) atoms. The van der Waals surface area contributed by atoms with E-state index in [2.05, 4.69) is 16.2 Å². The standard InChI is InChI=1S/C12H12N4/c1-8-9(2)15-16(10(8)3)12-6-11(7-13)4-5-14-12/h4-6H,1-3H3. The predicted octanol–water partition coefficient (Wildman–Crippen LogP) is 2.06. The van der Waals surface area contributed by atoms with Crippen molar-refractivity contribution in [1.82, 2.24) is 14.8 Å². The summed E-state index contributed by atoms with van der Waals surface area (Å²) in [5.41, 5.74) is 3.79. The SMILES string of the molecule is Cc1nn(-c2cc(C#N)ccn2)c(C)c1C. The van der Waals surface area contributed by atoms with Crippen LogP contribution in [0.5, 0.6) is 0 Å². The minimum absolute atomic E-state index is 0.593. The molecule has 0 radical (unpaired) electrons. The molecule has 2 heterocycles. The quantitative estimate of drug-likeness (QED) is 0.727. The van der Waals surface area contributed by atoms with Gasteiger partial charge in [-0.25, -0.2) is 9.67 Å². The smallest absolute Gasteiger partial charge is 0.154 e. The van der Waals surface area contributed by atoms with Gasteiger partial charge in [0, 0.05) is 18.0 Å². The Balaban J connectivity index is 2.59. The number of nitrogens with zero attached hydrogens (tertiary/aromatic N) is 4. The van der Waals surface area contributed by atoms with Gasteiger partial charge in [-0.05, 0) is 32.4 Å². The van der Waals surface area contributed by atoms with E-state index >= 15 is 0 Å². The molecule has 0 aliphatic rings. The summed E-state index contributed by atoms with van der Waals surface area (Å²) >= 11 is 0. The highest BCUT2D eigenvalue weighted by Crippen LogP contribution is 2.15. The second kappa shape index (κ2) is 3.78. The summed E-state index contributed by atoms with van der Waals surface area (Å²) in [5.74, 6) is 0.688. The third-order valence-electron chi connectivity index (χ3n) is 2.74. The molecule has 0 aliphatic heterocycles. The van der Waals surface area contributed by atoms with Crippen LogP contribution in [-0.2, 0) is 0 Å². The van der Waals surface area contributed by atoms with E-state index in [0.717, 1.165) is 17.0 Å². The van der Waals surface area contributed by atoms with E-state index in [4.69, 9.17) is 5.26 Å². The average molecular weight is 212 g/mol. The van der Waals surface area contributed by atoms with Crippen LogP contribution in [0.3, 0.4) is 0 Å². The molecule has 4 heteroatoms.